The number of pyridine rings is 1. The van der Waals surface area contributed by atoms with Gasteiger partial charge in [-0.3, -0.25) is 16.3 Å². The predicted molar refractivity (Wildman–Crippen MR) is 88.0 cm³/mol. The summed E-state index contributed by atoms with van der Waals surface area (Å²) >= 11 is 0. The van der Waals surface area contributed by atoms with E-state index < -0.39 is 0 Å². The summed E-state index contributed by atoms with van der Waals surface area (Å²) < 4.78 is 0. The van der Waals surface area contributed by atoms with Crippen molar-refractivity contribution < 1.29 is 0 Å². The average Bonchev–Trinajstić information content (AvgIpc) is 2.46. The Bertz CT molecular complexity index is 597. The Kier molecular flexibility index (Phi) is 5.10. The minimum Gasteiger partial charge on any atom is -0.271 e. The fraction of sp³-hybridized carbons (Fsp3) is 0.389. The third-order valence-electron chi connectivity index (χ3n) is 4.15. The van der Waals surface area contributed by atoms with Crippen molar-refractivity contribution in [2.75, 3.05) is 0 Å². The van der Waals surface area contributed by atoms with E-state index in [1.165, 1.54) is 33.4 Å². The lowest BCUT2D eigenvalue weighted by Crippen LogP contribution is -2.30. The van der Waals surface area contributed by atoms with Gasteiger partial charge in [-0.1, -0.05) is 24.6 Å². The van der Waals surface area contributed by atoms with Crippen LogP contribution < -0.4 is 11.3 Å². The molecule has 112 valence electrons. The van der Waals surface area contributed by atoms with E-state index in [-0.39, 0.29) is 6.04 Å². The minimum absolute atomic E-state index is 0.114. The highest BCUT2D eigenvalue weighted by molar-refractivity contribution is 5.39. The number of nitrogens with one attached hydrogen (secondary N) is 1. The molecule has 2 aromatic rings. The van der Waals surface area contributed by atoms with Gasteiger partial charge in [0.25, 0.3) is 0 Å². The molecule has 1 atom stereocenters. The van der Waals surface area contributed by atoms with Gasteiger partial charge in [0.15, 0.2) is 0 Å². The Morgan fingerprint density at radius 2 is 1.86 bits per heavy atom. The maximum atomic E-state index is 5.84. The molecule has 3 N–H and O–H groups in total. The lowest BCUT2D eigenvalue weighted by Gasteiger charge is -2.21. The zero-order valence-corrected chi connectivity index (χ0v) is 13.4. The molecule has 0 saturated carbocycles. The van der Waals surface area contributed by atoms with E-state index in [9.17, 15) is 0 Å². The van der Waals surface area contributed by atoms with Crippen LogP contribution in [0.5, 0.6) is 0 Å². The van der Waals surface area contributed by atoms with Crippen LogP contribution in [-0.2, 0) is 12.8 Å². The van der Waals surface area contributed by atoms with Crippen LogP contribution in [0, 0.1) is 20.8 Å². The average molecular weight is 283 g/mol. The summed E-state index contributed by atoms with van der Waals surface area (Å²) in [7, 11) is 0. The Balaban J connectivity index is 2.36. The molecule has 3 heteroatoms. The molecular formula is C18H25N3. The molecule has 1 aromatic heterocycles. The van der Waals surface area contributed by atoms with Crippen LogP contribution in [0.4, 0.5) is 0 Å². The second-order valence-electron chi connectivity index (χ2n) is 5.73. The smallest absolute Gasteiger partial charge is 0.0504 e. The van der Waals surface area contributed by atoms with Gasteiger partial charge >= 0.3 is 0 Å². The van der Waals surface area contributed by atoms with Crippen molar-refractivity contribution in [3.8, 4) is 0 Å². The van der Waals surface area contributed by atoms with Crippen LogP contribution in [0.2, 0.25) is 0 Å². The van der Waals surface area contributed by atoms with Crippen molar-refractivity contribution in [2.24, 2.45) is 5.84 Å². The topological polar surface area (TPSA) is 50.9 Å². The van der Waals surface area contributed by atoms with Gasteiger partial charge in [-0.2, -0.15) is 0 Å². The summed E-state index contributed by atoms with van der Waals surface area (Å²) in [5.41, 5.74) is 10.8. The first-order valence-electron chi connectivity index (χ1n) is 7.52. The van der Waals surface area contributed by atoms with E-state index in [0.717, 1.165) is 12.8 Å². The number of aromatic nitrogens is 1. The third-order valence-corrected chi connectivity index (χ3v) is 4.15. The summed E-state index contributed by atoms with van der Waals surface area (Å²) in [5, 5.41) is 0. The molecule has 0 aliphatic heterocycles. The van der Waals surface area contributed by atoms with Crippen LogP contribution in [0.25, 0.3) is 0 Å². The number of nitrogens with zero attached hydrogens (tertiary/aromatic N) is 1. The van der Waals surface area contributed by atoms with Crippen molar-refractivity contribution in [1.29, 1.82) is 0 Å². The van der Waals surface area contributed by atoms with E-state index in [2.05, 4.69) is 56.3 Å². The Morgan fingerprint density at radius 3 is 2.43 bits per heavy atom. The maximum Gasteiger partial charge on any atom is 0.0504 e. The summed E-state index contributed by atoms with van der Waals surface area (Å²) in [6.07, 6.45) is 5.64. The molecule has 0 saturated heterocycles. The number of hydrogen-bond acceptors (Lipinski definition) is 3. The molecule has 3 nitrogen and oxygen atoms in total. The van der Waals surface area contributed by atoms with Crippen LogP contribution in [0.1, 0.15) is 46.3 Å². The lowest BCUT2D eigenvalue weighted by atomic mass is 9.90. The molecule has 1 heterocycles. The van der Waals surface area contributed by atoms with E-state index in [1.54, 1.807) is 0 Å². The van der Waals surface area contributed by atoms with Crippen molar-refractivity contribution in [2.45, 2.75) is 46.6 Å². The van der Waals surface area contributed by atoms with Crippen LogP contribution in [0.3, 0.4) is 0 Å². The SMILES string of the molecule is CCc1cnccc1C(Cc1c(C)cc(C)cc1C)NN. The highest BCUT2D eigenvalue weighted by atomic mass is 15.2. The molecular weight excluding hydrogens is 258 g/mol. The molecule has 0 bridgehead atoms. The van der Waals surface area contributed by atoms with Gasteiger partial charge in [-0.15, -0.1) is 0 Å². The van der Waals surface area contributed by atoms with Crippen LogP contribution in [0.15, 0.2) is 30.6 Å². The van der Waals surface area contributed by atoms with Gasteiger partial charge in [0.05, 0.1) is 6.04 Å². The van der Waals surface area contributed by atoms with E-state index in [0.29, 0.717) is 0 Å². The minimum atomic E-state index is 0.114. The maximum absolute atomic E-state index is 5.84. The van der Waals surface area contributed by atoms with E-state index in [4.69, 9.17) is 5.84 Å². The molecule has 0 amide bonds. The largest absolute Gasteiger partial charge is 0.271 e. The fourth-order valence-corrected chi connectivity index (χ4v) is 3.07. The molecule has 2 rings (SSSR count). The lowest BCUT2D eigenvalue weighted by molar-refractivity contribution is 0.545. The van der Waals surface area contributed by atoms with E-state index in [1.807, 2.05) is 12.4 Å². The van der Waals surface area contributed by atoms with Gasteiger partial charge in [-0.25, -0.2) is 0 Å². The Morgan fingerprint density at radius 1 is 1.19 bits per heavy atom. The van der Waals surface area contributed by atoms with Crippen molar-refractivity contribution in [3.63, 3.8) is 0 Å². The highest BCUT2D eigenvalue weighted by Crippen LogP contribution is 2.25. The molecule has 0 radical (unpaired) electrons. The van der Waals surface area contributed by atoms with Crippen LogP contribution in [-0.4, -0.2) is 4.98 Å². The highest BCUT2D eigenvalue weighted by Gasteiger charge is 2.16. The predicted octanol–water partition coefficient (Wildman–Crippen LogP) is 3.32. The van der Waals surface area contributed by atoms with Gasteiger partial charge in [-0.05, 0) is 67.5 Å². The zero-order valence-electron chi connectivity index (χ0n) is 13.4. The molecule has 0 fully saturated rings. The first-order valence-corrected chi connectivity index (χ1v) is 7.52. The first kappa shape index (κ1) is 15.7. The molecule has 1 unspecified atom stereocenters. The number of hydrazine groups is 1. The van der Waals surface area contributed by atoms with Gasteiger partial charge in [0.2, 0.25) is 0 Å². The molecule has 0 aliphatic rings. The van der Waals surface area contributed by atoms with Crippen molar-refractivity contribution in [3.05, 3.63) is 64.0 Å². The third kappa shape index (κ3) is 3.49. The molecule has 0 aliphatic carbocycles. The Labute approximate surface area is 127 Å². The number of aryl methyl sites for hydroxylation is 4. The fourth-order valence-electron chi connectivity index (χ4n) is 3.07. The summed E-state index contributed by atoms with van der Waals surface area (Å²) in [6.45, 7) is 8.64. The standard InChI is InChI=1S/C18H25N3/c1-5-15-11-20-7-6-16(15)18(21-19)10-17-13(3)8-12(2)9-14(17)4/h6-9,11,18,21H,5,10,19H2,1-4H3. The summed E-state index contributed by atoms with van der Waals surface area (Å²) in [4.78, 5) is 4.22. The van der Waals surface area contributed by atoms with Crippen molar-refractivity contribution in [1.82, 2.24) is 10.4 Å². The number of rotatable bonds is 5. The summed E-state index contributed by atoms with van der Waals surface area (Å²) in [5.74, 6) is 5.84. The normalized spacial score (nSPS) is 12.4. The van der Waals surface area contributed by atoms with Gasteiger partial charge < -0.3 is 0 Å². The number of benzene rings is 1. The van der Waals surface area contributed by atoms with Gasteiger partial charge in [0.1, 0.15) is 0 Å². The zero-order chi connectivity index (χ0) is 15.4. The molecule has 0 spiro atoms. The van der Waals surface area contributed by atoms with E-state index >= 15 is 0 Å². The van der Waals surface area contributed by atoms with Crippen LogP contribution >= 0.6 is 0 Å². The number of nitrogens with two attached hydrogens (primary N) is 1. The van der Waals surface area contributed by atoms with Gasteiger partial charge in [0, 0.05) is 12.4 Å². The second-order valence-corrected chi connectivity index (χ2v) is 5.73. The second kappa shape index (κ2) is 6.83. The summed E-state index contributed by atoms with van der Waals surface area (Å²) in [6, 6.07) is 6.66. The quantitative estimate of drug-likeness (QED) is 0.654. The molecule has 1 aromatic carbocycles. The number of hydrogen-bond donors (Lipinski definition) is 2. The first-order chi connectivity index (χ1) is 10.1. The molecule has 21 heavy (non-hydrogen) atoms. The monoisotopic (exact) mass is 283 g/mol. The van der Waals surface area contributed by atoms with Crippen molar-refractivity contribution >= 4 is 0 Å². The Hall–Kier alpha value is -1.71.